The zero-order chi connectivity index (χ0) is 24.7. The number of ether oxygens (including phenoxy) is 2. The quantitative estimate of drug-likeness (QED) is 0.511. The SMILES string of the molecule is COCC(F)(F)c1cccc([C@@H](C)Nc2nnc(C)c3nc(O)c(N4C5CCC4COC5)cc23)c1. The van der Waals surface area contributed by atoms with E-state index in [2.05, 4.69) is 30.1 Å². The molecule has 186 valence electrons. The summed E-state index contributed by atoms with van der Waals surface area (Å²) in [6.45, 7) is 4.21. The molecular formula is C25H29F2N5O3. The van der Waals surface area contributed by atoms with Gasteiger partial charge in [0.1, 0.15) is 17.8 Å². The second kappa shape index (κ2) is 9.16. The van der Waals surface area contributed by atoms with Crippen molar-refractivity contribution in [2.45, 2.75) is 50.7 Å². The van der Waals surface area contributed by atoms with Crippen LogP contribution in [0.15, 0.2) is 30.3 Å². The molecule has 0 aliphatic carbocycles. The normalized spacial score (nSPS) is 20.9. The molecule has 2 aliphatic heterocycles. The van der Waals surface area contributed by atoms with E-state index >= 15 is 0 Å². The fraction of sp³-hybridized carbons (Fsp3) is 0.480. The molecule has 10 heteroatoms. The highest BCUT2D eigenvalue weighted by molar-refractivity contribution is 5.93. The lowest BCUT2D eigenvalue weighted by Gasteiger charge is -2.36. The number of nitrogens with one attached hydrogen (secondary N) is 1. The number of methoxy groups -OCH3 is 1. The summed E-state index contributed by atoms with van der Waals surface area (Å²) in [6.07, 6.45) is 2.00. The Balaban J connectivity index is 1.50. The largest absolute Gasteiger partial charge is 0.492 e. The van der Waals surface area contributed by atoms with Gasteiger partial charge in [0.2, 0.25) is 5.88 Å². The van der Waals surface area contributed by atoms with Gasteiger partial charge in [0.25, 0.3) is 5.92 Å². The molecule has 3 atom stereocenters. The van der Waals surface area contributed by atoms with E-state index in [-0.39, 0.29) is 29.6 Å². The van der Waals surface area contributed by atoms with Crippen LogP contribution in [0, 0.1) is 6.92 Å². The van der Waals surface area contributed by atoms with Crippen molar-refractivity contribution in [3.63, 3.8) is 0 Å². The van der Waals surface area contributed by atoms with Crippen LogP contribution in [0.5, 0.6) is 5.88 Å². The second-order valence-corrected chi connectivity index (χ2v) is 9.32. The second-order valence-electron chi connectivity index (χ2n) is 9.32. The number of rotatable bonds is 7. The first-order valence-electron chi connectivity index (χ1n) is 11.8. The molecule has 35 heavy (non-hydrogen) atoms. The standard InChI is InChI=1S/C25H29F2N5O3/c1-14(16-5-4-6-17(9-16)25(26,27)13-34-3)28-23-20-10-21(24(33)29-22(20)15(2)30-31-23)32-18-7-8-19(32)12-35-11-18/h4-6,9-10,14,18-19H,7-8,11-13H2,1-3H3,(H,28,31)(H,29,33)/t14-,18?,19?/m1/s1. The van der Waals surface area contributed by atoms with Crippen molar-refractivity contribution < 1.29 is 23.4 Å². The Kier molecular flexibility index (Phi) is 6.18. The van der Waals surface area contributed by atoms with E-state index in [0.717, 1.165) is 12.8 Å². The number of pyridine rings is 1. The average molecular weight is 486 g/mol. The number of aromatic hydroxyl groups is 1. The van der Waals surface area contributed by atoms with Gasteiger partial charge in [0.05, 0.1) is 37.0 Å². The van der Waals surface area contributed by atoms with Gasteiger partial charge in [-0.05, 0) is 44.4 Å². The van der Waals surface area contributed by atoms with Crippen LogP contribution in [0.1, 0.15) is 42.6 Å². The first-order chi connectivity index (χ1) is 16.8. The maximum Gasteiger partial charge on any atom is 0.296 e. The molecule has 4 heterocycles. The highest BCUT2D eigenvalue weighted by Gasteiger charge is 2.39. The van der Waals surface area contributed by atoms with Crippen LogP contribution >= 0.6 is 0 Å². The third-order valence-electron chi connectivity index (χ3n) is 6.89. The highest BCUT2D eigenvalue weighted by Crippen LogP contribution is 2.41. The van der Waals surface area contributed by atoms with E-state index in [9.17, 15) is 13.9 Å². The van der Waals surface area contributed by atoms with Crippen molar-refractivity contribution in [2.24, 2.45) is 0 Å². The lowest BCUT2D eigenvalue weighted by atomic mass is 10.0. The van der Waals surface area contributed by atoms with Crippen LogP contribution in [0.25, 0.3) is 10.9 Å². The van der Waals surface area contributed by atoms with Gasteiger partial charge >= 0.3 is 0 Å². The Morgan fingerprint density at radius 2 is 1.97 bits per heavy atom. The summed E-state index contributed by atoms with van der Waals surface area (Å²) < 4.78 is 39.2. The Labute approximate surface area is 202 Å². The van der Waals surface area contributed by atoms with E-state index < -0.39 is 12.5 Å². The number of alkyl halides is 2. The smallest absolute Gasteiger partial charge is 0.296 e. The molecule has 3 aromatic rings. The molecule has 2 aromatic heterocycles. The van der Waals surface area contributed by atoms with Gasteiger partial charge < -0.3 is 24.8 Å². The summed E-state index contributed by atoms with van der Waals surface area (Å²) in [5.41, 5.74) is 2.34. The van der Waals surface area contributed by atoms with Gasteiger partial charge in [-0.25, -0.2) is 4.98 Å². The van der Waals surface area contributed by atoms with Crippen LogP contribution in [0.2, 0.25) is 0 Å². The predicted octanol–water partition coefficient (Wildman–Crippen LogP) is 4.32. The van der Waals surface area contributed by atoms with E-state index in [4.69, 9.17) is 4.74 Å². The van der Waals surface area contributed by atoms with Crippen LogP contribution in [0.4, 0.5) is 20.3 Å². The van der Waals surface area contributed by atoms with Crippen LogP contribution < -0.4 is 10.2 Å². The minimum absolute atomic E-state index is 0.0422. The van der Waals surface area contributed by atoms with E-state index in [0.29, 0.717) is 46.9 Å². The molecule has 5 rings (SSSR count). The van der Waals surface area contributed by atoms with E-state index in [1.165, 1.54) is 19.2 Å². The summed E-state index contributed by atoms with van der Waals surface area (Å²) in [7, 11) is 1.26. The van der Waals surface area contributed by atoms with Gasteiger partial charge in [-0.3, -0.25) is 0 Å². The molecule has 8 nitrogen and oxygen atoms in total. The van der Waals surface area contributed by atoms with Crippen molar-refractivity contribution in [3.8, 4) is 5.88 Å². The number of hydrogen-bond acceptors (Lipinski definition) is 8. The monoisotopic (exact) mass is 485 g/mol. The van der Waals surface area contributed by atoms with E-state index in [1.807, 2.05) is 13.0 Å². The van der Waals surface area contributed by atoms with Crippen LogP contribution in [-0.2, 0) is 15.4 Å². The van der Waals surface area contributed by atoms with Crippen molar-refractivity contribution in [2.75, 3.05) is 37.1 Å². The molecule has 2 unspecified atom stereocenters. The summed E-state index contributed by atoms with van der Waals surface area (Å²) in [4.78, 5) is 6.68. The number of nitrogens with zero attached hydrogens (tertiary/aromatic N) is 4. The molecule has 0 radical (unpaired) electrons. The molecule has 2 aliphatic rings. The Hall–Kier alpha value is -3.11. The van der Waals surface area contributed by atoms with Gasteiger partial charge in [-0.2, -0.15) is 13.9 Å². The number of benzene rings is 1. The van der Waals surface area contributed by atoms with Gasteiger partial charge in [-0.1, -0.05) is 18.2 Å². The molecule has 0 amide bonds. The Morgan fingerprint density at radius 3 is 2.69 bits per heavy atom. The van der Waals surface area contributed by atoms with Crippen molar-refractivity contribution >= 4 is 22.4 Å². The van der Waals surface area contributed by atoms with Crippen molar-refractivity contribution in [3.05, 3.63) is 47.2 Å². The number of fused-ring (bicyclic) bond motifs is 3. The maximum atomic E-state index is 14.4. The van der Waals surface area contributed by atoms with Gasteiger partial charge in [0.15, 0.2) is 5.82 Å². The number of halogens is 2. The topological polar surface area (TPSA) is 92.6 Å². The molecule has 0 spiro atoms. The first kappa shape index (κ1) is 23.6. The summed E-state index contributed by atoms with van der Waals surface area (Å²) in [5.74, 6) is -2.66. The molecule has 2 fully saturated rings. The van der Waals surface area contributed by atoms with Crippen LogP contribution in [-0.4, -0.2) is 59.3 Å². The first-order valence-corrected chi connectivity index (χ1v) is 11.8. The maximum absolute atomic E-state index is 14.4. The number of aryl methyl sites for hydroxylation is 1. The molecule has 2 saturated heterocycles. The molecule has 1 aromatic carbocycles. The molecular weight excluding hydrogens is 456 g/mol. The van der Waals surface area contributed by atoms with Crippen molar-refractivity contribution in [1.29, 1.82) is 0 Å². The number of morpholine rings is 1. The average Bonchev–Trinajstić information content (AvgIpc) is 3.08. The lowest BCUT2D eigenvalue weighted by Crippen LogP contribution is -2.46. The fourth-order valence-corrected chi connectivity index (χ4v) is 5.08. The van der Waals surface area contributed by atoms with E-state index in [1.54, 1.807) is 19.1 Å². The lowest BCUT2D eigenvalue weighted by molar-refractivity contribution is -0.0698. The Bertz CT molecular complexity index is 1230. The molecule has 2 N–H and O–H groups in total. The fourth-order valence-electron chi connectivity index (χ4n) is 5.08. The van der Waals surface area contributed by atoms with Crippen molar-refractivity contribution in [1.82, 2.24) is 15.2 Å². The van der Waals surface area contributed by atoms with Gasteiger partial charge in [-0.15, -0.1) is 5.10 Å². The minimum Gasteiger partial charge on any atom is -0.492 e. The summed E-state index contributed by atoms with van der Waals surface area (Å²) >= 11 is 0. The predicted molar refractivity (Wildman–Crippen MR) is 128 cm³/mol. The zero-order valence-corrected chi connectivity index (χ0v) is 20.0. The molecule has 0 saturated carbocycles. The highest BCUT2D eigenvalue weighted by atomic mass is 19.3. The minimum atomic E-state index is -3.09. The van der Waals surface area contributed by atoms with Crippen LogP contribution in [0.3, 0.4) is 0 Å². The third kappa shape index (κ3) is 4.36. The number of hydrogen-bond donors (Lipinski definition) is 2. The van der Waals surface area contributed by atoms with Gasteiger partial charge in [0, 0.05) is 18.1 Å². The Morgan fingerprint density at radius 1 is 1.23 bits per heavy atom. The zero-order valence-electron chi connectivity index (χ0n) is 20.0. The number of aromatic nitrogens is 3. The molecule has 2 bridgehead atoms. The number of anilines is 2. The third-order valence-corrected chi connectivity index (χ3v) is 6.89. The summed E-state index contributed by atoms with van der Waals surface area (Å²) in [5, 5.41) is 23.4. The summed E-state index contributed by atoms with van der Waals surface area (Å²) in [6, 6.07) is 8.21.